The summed E-state index contributed by atoms with van der Waals surface area (Å²) in [6.45, 7) is 5.61. The van der Waals surface area contributed by atoms with Crippen LogP contribution in [0.1, 0.15) is 32.1 Å². The Morgan fingerprint density at radius 1 is 0.933 bits per heavy atom. The highest BCUT2D eigenvalue weighted by Gasteiger charge is 2.08. The van der Waals surface area contributed by atoms with Gasteiger partial charge in [-0.1, -0.05) is 19.3 Å². The Morgan fingerprint density at radius 2 is 1.53 bits per heavy atom. The van der Waals surface area contributed by atoms with Crippen LogP contribution in [-0.4, -0.2) is 49.5 Å². The van der Waals surface area contributed by atoms with Gasteiger partial charge in [-0.05, 0) is 19.4 Å². The molecule has 3 nitrogen and oxygen atoms in total. The van der Waals surface area contributed by atoms with Gasteiger partial charge in [0, 0.05) is 19.7 Å². The minimum atomic E-state index is 0. The maximum absolute atomic E-state index is 8.60. The molecule has 0 atom stereocenters. The first kappa shape index (κ1) is 15.4. The van der Waals surface area contributed by atoms with Crippen molar-refractivity contribution in [1.82, 2.24) is 4.90 Å². The molecule has 1 fully saturated rings. The predicted molar refractivity (Wildman–Crippen MR) is 67.8 cm³/mol. The Morgan fingerprint density at radius 3 is 2.20 bits per heavy atom. The van der Waals surface area contributed by atoms with Crippen LogP contribution in [0.3, 0.4) is 0 Å². The summed E-state index contributed by atoms with van der Waals surface area (Å²) in [6, 6.07) is 0. The summed E-state index contributed by atoms with van der Waals surface area (Å²) in [5.41, 5.74) is 0. The Hall–Kier alpha value is 0.360. The summed E-state index contributed by atoms with van der Waals surface area (Å²) in [6.07, 6.45) is 6.02. The van der Waals surface area contributed by atoms with Gasteiger partial charge in [0.1, 0.15) is 0 Å². The predicted octanol–water partition coefficient (Wildman–Crippen LogP) is 1.84. The van der Waals surface area contributed by atoms with Crippen molar-refractivity contribution in [3.8, 4) is 0 Å². The molecule has 0 amide bonds. The quantitative estimate of drug-likeness (QED) is 0.723. The van der Waals surface area contributed by atoms with Crippen LogP contribution in [0.25, 0.3) is 0 Å². The lowest BCUT2D eigenvalue weighted by molar-refractivity contribution is 0.0371. The van der Waals surface area contributed by atoms with Gasteiger partial charge in [-0.15, -0.1) is 17.0 Å². The van der Waals surface area contributed by atoms with E-state index in [1.807, 2.05) is 0 Å². The summed E-state index contributed by atoms with van der Waals surface area (Å²) in [4.78, 5) is 2.48. The van der Waals surface area contributed by atoms with Crippen LogP contribution in [0, 0.1) is 0 Å². The molecule has 0 aromatic rings. The van der Waals surface area contributed by atoms with Gasteiger partial charge >= 0.3 is 0 Å². The van der Waals surface area contributed by atoms with Crippen molar-refractivity contribution < 1.29 is 9.84 Å². The van der Waals surface area contributed by atoms with Crippen LogP contribution in [0.15, 0.2) is 0 Å². The molecule has 1 rings (SSSR count). The lowest BCUT2D eigenvalue weighted by atomic mass is 10.1. The van der Waals surface area contributed by atoms with E-state index in [0.717, 1.165) is 32.7 Å². The molecular formula is C11H24BrNO2. The highest BCUT2D eigenvalue weighted by atomic mass is 79.9. The van der Waals surface area contributed by atoms with Crippen molar-refractivity contribution in [1.29, 1.82) is 0 Å². The zero-order valence-corrected chi connectivity index (χ0v) is 11.2. The average Bonchev–Trinajstić information content (AvgIpc) is 2.25. The van der Waals surface area contributed by atoms with Crippen molar-refractivity contribution in [2.75, 3.05) is 39.5 Å². The van der Waals surface area contributed by atoms with Gasteiger partial charge in [0.2, 0.25) is 0 Å². The van der Waals surface area contributed by atoms with Gasteiger partial charge in [0.05, 0.1) is 13.2 Å². The third-order valence-corrected chi connectivity index (χ3v) is 2.74. The van der Waals surface area contributed by atoms with Crippen LogP contribution in [0.5, 0.6) is 0 Å². The molecule has 1 saturated heterocycles. The minimum absolute atomic E-state index is 0. The van der Waals surface area contributed by atoms with Gasteiger partial charge < -0.3 is 9.84 Å². The zero-order chi connectivity index (χ0) is 10.1. The zero-order valence-electron chi connectivity index (χ0n) is 9.49. The Kier molecular flexibility index (Phi) is 11.1. The topological polar surface area (TPSA) is 32.7 Å². The van der Waals surface area contributed by atoms with Crippen LogP contribution in [-0.2, 0) is 4.74 Å². The van der Waals surface area contributed by atoms with Crippen LogP contribution in [0.2, 0.25) is 0 Å². The average molecular weight is 282 g/mol. The van der Waals surface area contributed by atoms with Crippen molar-refractivity contribution in [3.63, 3.8) is 0 Å². The van der Waals surface area contributed by atoms with E-state index in [9.17, 15) is 0 Å². The molecule has 1 aliphatic rings. The third-order valence-electron chi connectivity index (χ3n) is 2.74. The van der Waals surface area contributed by atoms with E-state index < -0.39 is 0 Å². The standard InChI is InChI=1S/C11H23NO2.BrH/c13-9-5-3-1-2-4-6-12-7-10-14-11-8-12;/h13H,1-11H2;1H. The molecule has 0 spiro atoms. The van der Waals surface area contributed by atoms with Crippen molar-refractivity contribution in [2.45, 2.75) is 32.1 Å². The van der Waals surface area contributed by atoms with E-state index in [1.54, 1.807) is 0 Å². The van der Waals surface area contributed by atoms with Crippen LogP contribution < -0.4 is 0 Å². The number of nitrogens with zero attached hydrogens (tertiary/aromatic N) is 1. The van der Waals surface area contributed by atoms with Gasteiger partial charge in [0.25, 0.3) is 0 Å². The largest absolute Gasteiger partial charge is 0.396 e. The van der Waals surface area contributed by atoms with E-state index in [0.29, 0.717) is 6.61 Å². The van der Waals surface area contributed by atoms with E-state index in [4.69, 9.17) is 9.84 Å². The summed E-state index contributed by atoms with van der Waals surface area (Å²) in [5, 5.41) is 8.60. The molecule has 1 N–H and O–H groups in total. The maximum atomic E-state index is 8.60. The lowest BCUT2D eigenvalue weighted by Gasteiger charge is -2.26. The highest BCUT2D eigenvalue weighted by molar-refractivity contribution is 8.93. The fourth-order valence-electron chi connectivity index (χ4n) is 1.80. The second-order valence-corrected chi connectivity index (χ2v) is 3.95. The lowest BCUT2D eigenvalue weighted by Crippen LogP contribution is -2.36. The Labute approximate surface area is 104 Å². The molecule has 15 heavy (non-hydrogen) atoms. The molecular weight excluding hydrogens is 258 g/mol. The fourth-order valence-corrected chi connectivity index (χ4v) is 1.80. The second-order valence-electron chi connectivity index (χ2n) is 3.95. The van der Waals surface area contributed by atoms with Crippen molar-refractivity contribution in [3.05, 3.63) is 0 Å². The highest BCUT2D eigenvalue weighted by Crippen LogP contribution is 2.05. The molecule has 1 heterocycles. The number of aliphatic hydroxyl groups is 1. The number of aliphatic hydroxyl groups excluding tert-OH is 1. The number of rotatable bonds is 7. The van der Waals surface area contributed by atoms with Gasteiger partial charge in [-0.25, -0.2) is 0 Å². The van der Waals surface area contributed by atoms with E-state index >= 15 is 0 Å². The molecule has 0 aromatic heterocycles. The van der Waals surface area contributed by atoms with E-state index in [2.05, 4.69) is 4.90 Å². The number of hydrogen-bond acceptors (Lipinski definition) is 3. The molecule has 0 unspecified atom stereocenters. The molecule has 0 aliphatic carbocycles. The first-order valence-corrected chi connectivity index (χ1v) is 5.84. The summed E-state index contributed by atoms with van der Waals surface area (Å²) in [7, 11) is 0. The number of halogens is 1. The molecule has 0 bridgehead atoms. The normalized spacial score (nSPS) is 17.4. The van der Waals surface area contributed by atoms with Gasteiger partial charge in [-0.3, -0.25) is 4.90 Å². The first-order valence-electron chi connectivity index (χ1n) is 5.84. The SMILES string of the molecule is Br.OCCCCCCCN1CCOCC1. The first-order chi connectivity index (χ1) is 6.93. The minimum Gasteiger partial charge on any atom is -0.396 e. The van der Waals surface area contributed by atoms with Crippen LogP contribution in [0.4, 0.5) is 0 Å². The molecule has 0 aromatic carbocycles. The third kappa shape index (κ3) is 8.20. The summed E-state index contributed by atoms with van der Waals surface area (Å²) < 4.78 is 5.29. The number of hydrogen-bond donors (Lipinski definition) is 1. The molecule has 92 valence electrons. The van der Waals surface area contributed by atoms with Gasteiger partial charge in [-0.2, -0.15) is 0 Å². The summed E-state index contributed by atoms with van der Waals surface area (Å²) in [5.74, 6) is 0. The molecule has 1 aliphatic heterocycles. The van der Waals surface area contributed by atoms with Gasteiger partial charge in [0.15, 0.2) is 0 Å². The molecule has 4 heteroatoms. The molecule has 0 radical (unpaired) electrons. The smallest absolute Gasteiger partial charge is 0.0594 e. The Balaban J connectivity index is 0.00000196. The van der Waals surface area contributed by atoms with E-state index in [1.165, 1.54) is 32.2 Å². The van der Waals surface area contributed by atoms with Crippen LogP contribution >= 0.6 is 17.0 Å². The fraction of sp³-hybridized carbons (Fsp3) is 1.00. The Bertz CT molecular complexity index is 130. The summed E-state index contributed by atoms with van der Waals surface area (Å²) >= 11 is 0. The van der Waals surface area contributed by atoms with E-state index in [-0.39, 0.29) is 17.0 Å². The second kappa shape index (κ2) is 10.9. The number of unbranched alkanes of at least 4 members (excludes halogenated alkanes) is 4. The number of ether oxygens (including phenoxy) is 1. The maximum Gasteiger partial charge on any atom is 0.0594 e. The van der Waals surface area contributed by atoms with Crippen molar-refractivity contribution >= 4 is 17.0 Å². The van der Waals surface area contributed by atoms with Crippen molar-refractivity contribution in [2.24, 2.45) is 0 Å². The molecule has 0 saturated carbocycles. The monoisotopic (exact) mass is 281 g/mol. The number of morpholine rings is 1.